The molecule has 0 aromatic carbocycles. The minimum atomic E-state index is -3.72. The van der Waals surface area contributed by atoms with Crippen LogP contribution in [0.5, 0.6) is 0 Å². The highest BCUT2D eigenvalue weighted by Gasteiger charge is 2.22. The first-order valence-electron chi connectivity index (χ1n) is 7.60. The van der Waals surface area contributed by atoms with Crippen molar-refractivity contribution in [2.75, 3.05) is 17.9 Å². The first-order valence-corrected chi connectivity index (χ1v) is 9.97. The molecule has 0 amide bonds. The van der Waals surface area contributed by atoms with Gasteiger partial charge >= 0.3 is 0 Å². The topological polar surface area (TPSA) is 86.1 Å². The lowest BCUT2D eigenvalue weighted by Gasteiger charge is -2.22. The summed E-state index contributed by atoms with van der Waals surface area (Å²) < 4.78 is 35.9. The summed E-state index contributed by atoms with van der Waals surface area (Å²) in [5.41, 5.74) is 0. The Labute approximate surface area is 143 Å². The molecule has 0 bridgehead atoms. The van der Waals surface area contributed by atoms with Gasteiger partial charge in [-0.2, -0.15) is 5.10 Å². The number of nitrogens with zero attached hydrogens (tertiary/aromatic N) is 3. The van der Waals surface area contributed by atoms with Crippen LogP contribution in [0.15, 0.2) is 41.0 Å². The van der Waals surface area contributed by atoms with Gasteiger partial charge in [-0.3, -0.25) is 9.40 Å². The van der Waals surface area contributed by atoms with Gasteiger partial charge in [-0.25, -0.2) is 13.4 Å². The van der Waals surface area contributed by atoms with Crippen LogP contribution >= 0.6 is 11.3 Å². The number of ether oxygens (including phenoxy) is 1. The van der Waals surface area contributed by atoms with Gasteiger partial charge < -0.3 is 4.74 Å². The van der Waals surface area contributed by atoms with Gasteiger partial charge in [0, 0.05) is 35.7 Å². The molecule has 0 radical (unpaired) electrons. The van der Waals surface area contributed by atoms with E-state index in [-0.39, 0.29) is 10.9 Å². The number of fused-ring (bicyclic) bond motifs is 1. The molecule has 0 atom stereocenters. The predicted molar refractivity (Wildman–Crippen MR) is 91.7 cm³/mol. The number of hydrogen-bond donors (Lipinski definition) is 1. The molecule has 0 aliphatic carbocycles. The number of rotatable bonds is 4. The Balaban J connectivity index is 1.61. The standard InChI is InChI=1S/C15H16N4O3S2/c20-24(21,18-15-13-4-8-23-14(13)1-5-16-15)12-9-17-19(10-12)11-2-6-22-7-3-11/h1,4-5,8-11H,2-3,6-7H2,(H,16,18). The average molecular weight is 364 g/mol. The number of thiophene rings is 1. The molecule has 0 unspecified atom stereocenters. The number of hydrogen-bond acceptors (Lipinski definition) is 6. The SMILES string of the molecule is O=S(=O)(Nc1nccc2sccc12)c1cnn(C2CCOCC2)c1. The molecule has 4 heterocycles. The van der Waals surface area contributed by atoms with Crippen molar-refractivity contribution in [2.45, 2.75) is 23.8 Å². The molecule has 1 N–H and O–H groups in total. The zero-order valence-corrected chi connectivity index (χ0v) is 14.4. The maximum atomic E-state index is 12.6. The number of nitrogens with one attached hydrogen (secondary N) is 1. The monoisotopic (exact) mass is 364 g/mol. The molecule has 7 nitrogen and oxygen atoms in total. The molecule has 1 aliphatic heterocycles. The van der Waals surface area contributed by atoms with Crippen LogP contribution in [0, 0.1) is 0 Å². The van der Waals surface area contributed by atoms with Crippen LogP contribution in [-0.4, -0.2) is 36.4 Å². The lowest BCUT2D eigenvalue weighted by atomic mass is 10.1. The van der Waals surface area contributed by atoms with Crippen molar-refractivity contribution < 1.29 is 13.2 Å². The quantitative estimate of drug-likeness (QED) is 0.769. The molecular formula is C15H16N4O3S2. The van der Waals surface area contributed by atoms with Crippen molar-refractivity contribution >= 4 is 37.3 Å². The van der Waals surface area contributed by atoms with Crippen molar-refractivity contribution in [2.24, 2.45) is 0 Å². The van der Waals surface area contributed by atoms with Crippen LogP contribution < -0.4 is 4.72 Å². The molecule has 9 heteroatoms. The van der Waals surface area contributed by atoms with E-state index in [2.05, 4.69) is 14.8 Å². The number of sulfonamides is 1. The fourth-order valence-electron chi connectivity index (χ4n) is 2.77. The third-order valence-electron chi connectivity index (χ3n) is 4.06. The summed E-state index contributed by atoms with van der Waals surface area (Å²) in [6, 6.07) is 3.90. The van der Waals surface area contributed by atoms with E-state index in [9.17, 15) is 8.42 Å². The Hall–Kier alpha value is -1.97. The zero-order chi connectivity index (χ0) is 16.6. The van der Waals surface area contributed by atoms with E-state index in [1.165, 1.54) is 6.20 Å². The molecule has 24 heavy (non-hydrogen) atoms. The third-order valence-corrected chi connectivity index (χ3v) is 6.24. The Morgan fingerprint density at radius 2 is 2.12 bits per heavy atom. The Bertz CT molecular complexity index is 958. The number of pyridine rings is 1. The molecule has 4 rings (SSSR count). The van der Waals surface area contributed by atoms with Crippen LogP contribution in [0.4, 0.5) is 5.82 Å². The lowest BCUT2D eigenvalue weighted by Crippen LogP contribution is -2.20. The van der Waals surface area contributed by atoms with Crippen molar-refractivity contribution in [3.63, 3.8) is 0 Å². The lowest BCUT2D eigenvalue weighted by molar-refractivity contribution is 0.0662. The molecule has 0 saturated carbocycles. The van der Waals surface area contributed by atoms with Crippen LogP contribution in [-0.2, 0) is 14.8 Å². The summed E-state index contributed by atoms with van der Waals surface area (Å²) in [5, 5.41) is 6.93. The highest BCUT2D eigenvalue weighted by atomic mass is 32.2. The third kappa shape index (κ3) is 2.90. The molecule has 0 spiro atoms. The van der Waals surface area contributed by atoms with Gasteiger partial charge in [-0.15, -0.1) is 11.3 Å². The Morgan fingerprint density at radius 1 is 1.29 bits per heavy atom. The fourth-order valence-corrected chi connectivity index (χ4v) is 4.52. The highest BCUT2D eigenvalue weighted by molar-refractivity contribution is 7.92. The van der Waals surface area contributed by atoms with Gasteiger partial charge in [-0.1, -0.05) is 0 Å². The second-order valence-electron chi connectivity index (χ2n) is 5.60. The van der Waals surface area contributed by atoms with E-state index < -0.39 is 10.0 Å². The Kier molecular flexibility index (Phi) is 3.99. The van der Waals surface area contributed by atoms with Gasteiger partial charge in [0.1, 0.15) is 10.7 Å². The predicted octanol–water partition coefficient (Wildman–Crippen LogP) is 2.65. The minimum absolute atomic E-state index is 0.142. The fraction of sp³-hybridized carbons (Fsp3) is 0.333. The molecule has 1 fully saturated rings. The summed E-state index contributed by atoms with van der Waals surface area (Å²) in [4.78, 5) is 4.30. The second-order valence-corrected chi connectivity index (χ2v) is 8.23. The van der Waals surface area contributed by atoms with Gasteiger partial charge in [0.2, 0.25) is 0 Å². The van der Waals surface area contributed by atoms with Crippen molar-refractivity contribution in [3.8, 4) is 0 Å². The minimum Gasteiger partial charge on any atom is -0.381 e. The zero-order valence-electron chi connectivity index (χ0n) is 12.8. The van der Waals surface area contributed by atoms with Crippen molar-refractivity contribution in [1.29, 1.82) is 0 Å². The maximum absolute atomic E-state index is 12.6. The van der Waals surface area contributed by atoms with Crippen molar-refractivity contribution in [1.82, 2.24) is 14.8 Å². The smallest absolute Gasteiger partial charge is 0.266 e. The summed E-state index contributed by atoms with van der Waals surface area (Å²) in [5.74, 6) is 0.340. The van der Waals surface area contributed by atoms with Gasteiger partial charge in [0.25, 0.3) is 10.0 Å². The summed E-state index contributed by atoms with van der Waals surface area (Å²) in [6.07, 6.45) is 6.23. The van der Waals surface area contributed by atoms with Crippen molar-refractivity contribution in [3.05, 3.63) is 36.1 Å². The molecule has 3 aromatic heterocycles. The highest BCUT2D eigenvalue weighted by Crippen LogP contribution is 2.28. The van der Waals surface area contributed by atoms with Gasteiger partial charge in [0.05, 0.1) is 12.2 Å². The van der Waals surface area contributed by atoms with Crippen LogP contribution in [0.2, 0.25) is 0 Å². The second kappa shape index (κ2) is 6.15. The van der Waals surface area contributed by atoms with Crippen LogP contribution in [0.1, 0.15) is 18.9 Å². The van der Waals surface area contributed by atoms with Gasteiger partial charge in [0.15, 0.2) is 0 Å². The van der Waals surface area contributed by atoms with E-state index >= 15 is 0 Å². The summed E-state index contributed by atoms with van der Waals surface area (Å²) in [7, 11) is -3.72. The normalized spacial score (nSPS) is 16.5. The molecule has 3 aromatic rings. The number of aromatic nitrogens is 3. The first kappa shape index (κ1) is 15.6. The first-order chi connectivity index (χ1) is 11.6. The average Bonchev–Trinajstić information content (AvgIpc) is 3.26. The molecule has 1 aliphatic rings. The maximum Gasteiger partial charge on any atom is 0.266 e. The molecule has 126 valence electrons. The summed E-state index contributed by atoms with van der Waals surface area (Å²) >= 11 is 1.54. The van der Waals surface area contributed by atoms with Crippen LogP contribution in [0.25, 0.3) is 10.1 Å². The van der Waals surface area contributed by atoms with E-state index in [0.717, 1.165) is 22.9 Å². The summed E-state index contributed by atoms with van der Waals surface area (Å²) in [6.45, 7) is 1.35. The molecular weight excluding hydrogens is 348 g/mol. The largest absolute Gasteiger partial charge is 0.381 e. The molecule has 1 saturated heterocycles. The van der Waals surface area contributed by atoms with E-state index in [0.29, 0.717) is 19.0 Å². The van der Waals surface area contributed by atoms with E-state index in [1.807, 2.05) is 17.5 Å². The Morgan fingerprint density at radius 3 is 2.96 bits per heavy atom. The van der Waals surface area contributed by atoms with E-state index in [1.54, 1.807) is 28.4 Å². The number of anilines is 1. The van der Waals surface area contributed by atoms with Gasteiger partial charge in [-0.05, 0) is 30.4 Å². The van der Waals surface area contributed by atoms with Crippen LogP contribution in [0.3, 0.4) is 0 Å². The van der Waals surface area contributed by atoms with E-state index in [4.69, 9.17) is 4.74 Å².